The highest BCUT2D eigenvalue weighted by Gasteiger charge is 2.18. The van der Waals surface area contributed by atoms with Crippen LogP contribution in [0.4, 0.5) is 0 Å². The van der Waals surface area contributed by atoms with Gasteiger partial charge in [-0.15, -0.1) is 0 Å². The van der Waals surface area contributed by atoms with E-state index in [9.17, 15) is 0 Å². The van der Waals surface area contributed by atoms with Crippen molar-refractivity contribution >= 4 is 11.8 Å². The normalized spacial score (nSPS) is 28.3. The van der Waals surface area contributed by atoms with Gasteiger partial charge in [-0.05, 0) is 18.8 Å². The third kappa shape index (κ3) is 5.26. The Morgan fingerprint density at radius 1 is 1.36 bits per heavy atom. The molecule has 1 N–H and O–H groups in total. The first-order valence-electron chi connectivity index (χ1n) is 6.03. The van der Waals surface area contributed by atoms with Crippen molar-refractivity contribution in [3.8, 4) is 0 Å². The van der Waals surface area contributed by atoms with Crippen molar-refractivity contribution in [2.45, 2.75) is 57.7 Å². The molecule has 1 fully saturated rings. The topological polar surface area (TPSA) is 12.0 Å². The monoisotopic (exact) mass is 215 g/mol. The van der Waals surface area contributed by atoms with Crippen molar-refractivity contribution < 1.29 is 0 Å². The van der Waals surface area contributed by atoms with E-state index in [1.54, 1.807) is 0 Å². The fourth-order valence-electron chi connectivity index (χ4n) is 2.10. The molecule has 0 aromatic rings. The summed E-state index contributed by atoms with van der Waals surface area (Å²) in [5.74, 6) is 2.26. The van der Waals surface area contributed by atoms with Crippen molar-refractivity contribution in [3.05, 3.63) is 0 Å². The van der Waals surface area contributed by atoms with E-state index in [0.717, 1.165) is 11.2 Å². The molecule has 0 heterocycles. The van der Waals surface area contributed by atoms with Crippen molar-refractivity contribution in [3.63, 3.8) is 0 Å². The van der Waals surface area contributed by atoms with Crippen LogP contribution in [0.2, 0.25) is 0 Å². The van der Waals surface area contributed by atoms with Crippen LogP contribution in [0, 0.1) is 5.92 Å². The molecule has 1 saturated carbocycles. The first kappa shape index (κ1) is 12.4. The second-order valence-electron chi connectivity index (χ2n) is 4.87. The summed E-state index contributed by atoms with van der Waals surface area (Å²) in [6.07, 6.45) is 5.82. The van der Waals surface area contributed by atoms with Gasteiger partial charge in [0.2, 0.25) is 0 Å². The first-order valence-corrected chi connectivity index (χ1v) is 7.08. The fourth-order valence-corrected chi connectivity index (χ4v) is 3.47. The lowest BCUT2D eigenvalue weighted by molar-refractivity contribution is 0.394. The molecular formula is C12H25NS. The first-order chi connectivity index (χ1) is 6.68. The summed E-state index contributed by atoms with van der Waals surface area (Å²) in [5, 5.41) is 4.43. The molecule has 0 spiro atoms. The second-order valence-corrected chi connectivity index (χ2v) is 6.28. The van der Waals surface area contributed by atoms with Gasteiger partial charge < -0.3 is 5.32 Å². The van der Waals surface area contributed by atoms with Gasteiger partial charge in [0, 0.05) is 23.6 Å². The average Bonchev–Trinajstić information content (AvgIpc) is 2.12. The van der Waals surface area contributed by atoms with E-state index < -0.39 is 0 Å². The van der Waals surface area contributed by atoms with E-state index in [0.29, 0.717) is 6.04 Å². The Balaban J connectivity index is 2.00. The van der Waals surface area contributed by atoms with Gasteiger partial charge in [0.1, 0.15) is 0 Å². The number of rotatable bonds is 5. The lowest BCUT2D eigenvalue weighted by Crippen LogP contribution is -2.26. The lowest BCUT2D eigenvalue weighted by atomic mass is 9.91. The molecule has 0 aromatic heterocycles. The highest BCUT2D eigenvalue weighted by atomic mass is 32.2. The Labute approximate surface area is 93.4 Å². The minimum atomic E-state index is 0.640. The van der Waals surface area contributed by atoms with Gasteiger partial charge in [-0.3, -0.25) is 0 Å². The molecule has 1 nitrogen and oxygen atoms in total. The summed E-state index contributed by atoms with van der Waals surface area (Å²) in [7, 11) is 0. The van der Waals surface area contributed by atoms with Crippen LogP contribution >= 0.6 is 11.8 Å². The molecule has 0 bridgehead atoms. The Hall–Kier alpha value is 0.310. The van der Waals surface area contributed by atoms with Crippen molar-refractivity contribution in [1.82, 2.24) is 5.32 Å². The van der Waals surface area contributed by atoms with Crippen LogP contribution in [0.1, 0.15) is 46.5 Å². The van der Waals surface area contributed by atoms with Crippen LogP contribution in [0.5, 0.6) is 0 Å². The Kier molecular flexibility index (Phi) is 5.95. The van der Waals surface area contributed by atoms with Gasteiger partial charge in [-0.25, -0.2) is 0 Å². The summed E-state index contributed by atoms with van der Waals surface area (Å²) < 4.78 is 0. The minimum Gasteiger partial charge on any atom is -0.314 e. The largest absolute Gasteiger partial charge is 0.314 e. The van der Waals surface area contributed by atoms with E-state index in [-0.39, 0.29) is 0 Å². The summed E-state index contributed by atoms with van der Waals surface area (Å²) in [4.78, 5) is 0. The van der Waals surface area contributed by atoms with Gasteiger partial charge in [0.25, 0.3) is 0 Å². The lowest BCUT2D eigenvalue weighted by Gasteiger charge is -2.26. The molecule has 0 radical (unpaired) electrons. The minimum absolute atomic E-state index is 0.640. The standard InChI is InChI=1S/C12H25NS/c1-10(2)13-7-8-14-12-6-4-5-11(3)9-12/h10-13H,4-9H2,1-3H3. The van der Waals surface area contributed by atoms with Gasteiger partial charge in [0.15, 0.2) is 0 Å². The van der Waals surface area contributed by atoms with Crippen LogP contribution in [0.15, 0.2) is 0 Å². The van der Waals surface area contributed by atoms with E-state index in [1.807, 2.05) is 0 Å². The number of nitrogens with one attached hydrogen (secondary N) is 1. The summed E-state index contributed by atoms with van der Waals surface area (Å²) in [6.45, 7) is 8.01. The molecule has 0 saturated heterocycles. The molecule has 1 aliphatic rings. The van der Waals surface area contributed by atoms with E-state index >= 15 is 0 Å². The van der Waals surface area contributed by atoms with Crippen molar-refractivity contribution in [1.29, 1.82) is 0 Å². The maximum atomic E-state index is 3.48. The van der Waals surface area contributed by atoms with Gasteiger partial charge >= 0.3 is 0 Å². The fraction of sp³-hybridized carbons (Fsp3) is 1.00. The van der Waals surface area contributed by atoms with E-state index in [4.69, 9.17) is 0 Å². The van der Waals surface area contributed by atoms with Crippen molar-refractivity contribution in [2.75, 3.05) is 12.3 Å². The number of hydrogen-bond donors (Lipinski definition) is 1. The van der Waals surface area contributed by atoms with Gasteiger partial charge in [-0.1, -0.05) is 33.6 Å². The van der Waals surface area contributed by atoms with Gasteiger partial charge in [-0.2, -0.15) is 11.8 Å². The Morgan fingerprint density at radius 3 is 2.79 bits per heavy atom. The molecule has 0 amide bonds. The number of thioether (sulfide) groups is 1. The SMILES string of the molecule is CC1CCCC(SCCNC(C)C)C1. The van der Waals surface area contributed by atoms with Crippen LogP contribution in [0.3, 0.4) is 0 Å². The molecule has 0 aliphatic heterocycles. The molecule has 2 heteroatoms. The van der Waals surface area contributed by atoms with Gasteiger partial charge in [0.05, 0.1) is 0 Å². The molecule has 1 aliphatic carbocycles. The third-order valence-corrected chi connectivity index (χ3v) is 4.24. The van der Waals surface area contributed by atoms with Crippen molar-refractivity contribution in [2.24, 2.45) is 5.92 Å². The smallest absolute Gasteiger partial charge is 0.00609 e. The van der Waals surface area contributed by atoms with Crippen LogP contribution in [0.25, 0.3) is 0 Å². The van der Waals surface area contributed by atoms with Crippen LogP contribution in [-0.2, 0) is 0 Å². The maximum absolute atomic E-state index is 3.48. The molecular weight excluding hydrogens is 190 g/mol. The zero-order chi connectivity index (χ0) is 10.4. The quantitative estimate of drug-likeness (QED) is 0.706. The molecule has 2 atom stereocenters. The second kappa shape index (κ2) is 6.73. The predicted molar refractivity (Wildman–Crippen MR) is 67.0 cm³/mol. The molecule has 14 heavy (non-hydrogen) atoms. The molecule has 84 valence electrons. The van der Waals surface area contributed by atoms with Crippen LogP contribution < -0.4 is 5.32 Å². The highest BCUT2D eigenvalue weighted by Crippen LogP contribution is 2.31. The maximum Gasteiger partial charge on any atom is 0.00609 e. The number of hydrogen-bond acceptors (Lipinski definition) is 2. The average molecular weight is 215 g/mol. The third-order valence-electron chi connectivity index (χ3n) is 2.90. The zero-order valence-corrected chi connectivity index (χ0v) is 10.7. The molecule has 1 rings (SSSR count). The Bertz CT molecular complexity index is 147. The van der Waals surface area contributed by atoms with E-state index in [1.165, 1.54) is 38.0 Å². The molecule has 0 aromatic carbocycles. The highest BCUT2D eigenvalue weighted by molar-refractivity contribution is 7.99. The van der Waals surface area contributed by atoms with Crippen LogP contribution in [-0.4, -0.2) is 23.6 Å². The summed E-state index contributed by atoms with van der Waals surface area (Å²) >= 11 is 2.18. The predicted octanol–water partition coefficient (Wildman–Crippen LogP) is 3.30. The Morgan fingerprint density at radius 2 is 2.14 bits per heavy atom. The van der Waals surface area contributed by atoms with E-state index in [2.05, 4.69) is 37.8 Å². The summed E-state index contributed by atoms with van der Waals surface area (Å²) in [5.41, 5.74) is 0. The zero-order valence-electron chi connectivity index (χ0n) is 9.88. The summed E-state index contributed by atoms with van der Waals surface area (Å²) in [6, 6.07) is 0.640. The molecule has 2 unspecified atom stereocenters.